The molecule has 1 aromatic carbocycles. The number of anilines is 1. The third-order valence-electron chi connectivity index (χ3n) is 2.94. The van der Waals surface area contributed by atoms with E-state index in [1.165, 1.54) is 5.56 Å². The summed E-state index contributed by atoms with van der Waals surface area (Å²) >= 11 is 0. The highest BCUT2D eigenvalue weighted by atomic mass is 16.2. The molecule has 2 nitrogen and oxygen atoms in total. The number of amides is 1. The second-order valence-electron chi connectivity index (χ2n) is 4.40. The molecule has 2 rings (SSSR count). The number of hydrogen-bond donors (Lipinski definition) is 0. The zero-order chi connectivity index (χ0) is 14.8. The first kappa shape index (κ1) is 17.7. The van der Waals surface area contributed by atoms with Crippen molar-refractivity contribution in [2.45, 2.75) is 60.3 Å². The Balaban J connectivity index is 0.000000741. The van der Waals surface area contributed by atoms with Gasteiger partial charge in [0.2, 0.25) is 5.91 Å². The molecule has 0 aromatic heterocycles. The number of carbonyl (C=O) groups is 1. The summed E-state index contributed by atoms with van der Waals surface area (Å²) in [6.45, 7) is 13.2. The van der Waals surface area contributed by atoms with Gasteiger partial charge in [0.15, 0.2) is 0 Å². The molecule has 1 aliphatic heterocycles. The minimum atomic E-state index is 0.257. The Labute approximate surface area is 118 Å². The molecule has 1 aliphatic rings. The Morgan fingerprint density at radius 3 is 1.89 bits per heavy atom. The highest BCUT2D eigenvalue weighted by molar-refractivity contribution is 5.95. The molecule has 0 atom stereocenters. The lowest BCUT2D eigenvalue weighted by Gasteiger charge is -2.16. The second kappa shape index (κ2) is 9.60. The Kier molecular flexibility index (Phi) is 8.94. The van der Waals surface area contributed by atoms with Crippen molar-refractivity contribution in [2.75, 3.05) is 11.4 Å². The van der Waals surface area contributed by atoms with Gasteiger partial charge in [0.1, 0.15) is 0 Å². The Morgan fingerprint density at radius 2 is 1.53 bits per heavy atom. The van der Waals surface area contributed by atoms with Gasteiger partial charge in [0.05, 0.1) is 0 Å². The second-order valence-corrected chi connectivity index (χ2v) is 4.40. The fourth-order valence-electron chi connectivity index (χ4n) is 1.96. The minimum Gasteiger partial charge on any atom is -0.312 e. The third-order valence-corrected chi connectivity index (χ3v) is 2.94. The normalized spacial score (nSPS) is 13.6. The lowest BCUT2D eigenvalue weighted by molar-refractivity contribution is -0.117. The predicted molar refractivity (Wildman–Crippen MR) is 84.8 cm³/mol. The Bertz CT molecular complexity index is 354. The first-order valence-electron chi connectivity index (χ1n) is 7.59. The van der Waals surface area contributed by atoms with Crippen LogP contribution in [0.5, 0.6) is 0 Å². The summed E-state index contributed by atoms with van der Waals surface area (Å²) in [4.78, 5) is 13.4. The number of nitrogens with zero attached hydrogens (tertiary/aromatic N) is 1. The molecular weight excluding hydrogens is 234 g/mol. The highest BCUT2D eigenvalue weighted by Crippen LogP contribution is 2.23. The Morgan fingerprint density at radius 1 is 1.00 bits per heavy atom. The van der Waals surface area contributed by atoms with Crippen molar-refractivity contribution >= 4 is 11.6 Å². The number of carbonyl (C=O) groups excluding carboxylic acids is 1. The van der Waals surface area contributed by atoms with Crippen LogP contribution in [0, 0.1) is 0 Å². The maximum atomic E-state index is 11.5. The van der Waals surface area contributed by atoms with Gasteiger partial charge in [0.25, 0.3) is 0 Å². The van der Waals surface area contributed by atoms with Gasteiger partial charge >= 0.3 is 0 Å². The zero-order valence-electron chi connectivity index (χ0n) is 13.4. The van der Waals surface area contributed by atoms with Crippen LogP contribution in [0.15, 0.2) is 24.3 Å². The summed E-state index contributed by atoms with van der Waals surface area (Å²) in [6, 6.07) is 8.34. The molecule has 2 heteroatoms. The zero-order valence-corrected chi connectivity index (χ0v) is 13.4. The van der Waals surface area contributed by atoms with Crippen LogP contribution in [0.4, 0.5) is 5.69 Å². The van der Waals surface area contributed by atoms with Crippen LogP contribution in [-0.4, -0.2) is 12.5 Å². The molecule has 0 N–H and O–H groups in total. The molecule has 108 valence electrons. The monoisotopic (exact) mass is 263 g/mol. The van der Waals surface area contributed by atoms with Crippen molar-refractivity contribution in [3.05, 3.63) is 29.8 Å². The van der Waals surface area contributed by atoms with Gasteiger partial charge in [-0.25, -0.2) is 0 Å². The molecule has 1 saturated heterocycles. The topological polar surface area (TPSA) is 20.3 Å². The molecule has 1 heterocycles. The number of hydrogen-bond acceptors (Lipinski definition) is 1. The van der Waals surface area contributed by atoms with Crippen LogP contribution in [-0.2, 0) is 4.79 Å². The average Bonchev–Trinajstić information content (AvgIpc) is 2.89. The van der Waals surface area contributed by atoms with Gasteiger partial charge in [-0.3, -0.25) is 4.79 Å². The lowest BCUT2D eigenvalue weighted by Crippen LogP contribution is -2.23. The largest absolute Gasteiger partial charge is 0.312 e. The van der Waals surface area contributed by atoms with E-state index in [1.807, 2.05) is 32.6 Å². The van der Waals surface area contributed by atoms with Crippen molar-refractivity contribution in [1.82, 2.24) is 0 Å². The van der Waals surface area contributed by atoms with Crippen molar-refractivity contribution in [2.24, 2.45) is 0 Å². The van der Waals surface area contributed by atoms with E-state index in [2.05, 4.69) is 38.1 Å². The molecule has 0 saturated carbocycles. The first-order chi connectivity index (χ1) is 9.18. The summed E-state index contributed by atoms with van der Waals surface area (Å²) in [5.74, 6) is 0.806. The van der Waals surface area contributed by atoms with E-state index in [4.69, 9.17) is 0 Å². The molecule has 0 radical (unpaired) electrons. The van der Waals surface area contributed by atoms with Crippen molar-refractivity contribution in [3.8, 4) is 0 Å². The first-order valence-corrected chi connectivity index (χ1v) is 7.59. The van der Waals surface area contributed by atoms with Gasteiger partial charge in [-0.2, -0.15) is 0 Å². The van der Waals surface area contributed by atoms with Gasteiger partial charge in [0, 0.05) is 18.7 Å². The van der Waals surface area contributed by atoms with Crippen LogP contribution in [0.1, 0.15) is 65.9 Å². The molecule has 1 fully saturated rings. The van der Waals surface area contributed by atoms with Crippen LogP contribution in [0.3, 0.4) is 0 Å². The molecule has 0 spiro atoms. The summed E-state index contributed by atoms with van der Waals surface area (Å²) in [5.41, 5.74) is 2.37. The maximum absolute atomic E-state index is 11.5. The van der Waals surface area contributed by atoms with E-state index >= 15 is 0 Å². The van der Waals surface area contributed by atoms with Crippen LogP contribution < -0.4 is 4.90 Å². The SMILES string of the molecule is CC.CC.CC(C)c1ccc(N2CCCC2=O)cc1. The van der Waals surface area contributed by atoms with Gasteiger partial charge in [-0.1, -0.05) is 53.7 Å². The summed E-state index contributed by atoms with van der Waals surface area (Å²) in [7, 11) is 0. The van der Waals surface area contributed by atoms with Crippen LogP contribution in [0.2, 0.25) is 0 Å². The van der Waals surface area contributed by atoms with Crippen molar-refractivity contribution < 1.29 is 4.79 Å². The fraction of sp³-hybridized carbons (Fsp3) is 0.588. The van der Waals surface area contributed by atoms with E-state index in [-0.39, 0.29) is 5.91 Å². The van der Waals surface area contributed by atoms with E-state index in [1.54, 1.807) is 0 Å². The number of rotatable bonds is 2. The van der Waals surface area contributed by atoms with Crippen LogP contribution >= 0.6 is 0 Å². The van der Waals surface area contributed by atoms with Gasteiger partial charge in [-0.05, 0) is 30.0 Å². The van der Waals surface area contributed by atoms with E-state index in [9.17, 15) is 4.79 Å². The summed E-state index contributed by atoms with van der Waals surface area (Å²) in [5, 5.41) is 0. The van der Waals surface area contributed by atoms with Gasteiger partial charge < -0.3 is 4.90 Å². The lowest BCUT2D eigenvalue weighted by atomic mass is 10.0. The molecule has 19 heavy (non-hydrogen) atoms. The molecule has 0 unspecified atom stereocenters. The molecular formula is C17H29NO. The van der Waals surface area contributed by atoms with Crippen molar-refractivity contribution in [3.63, 3.8) is 0 Å². The quantitative estimate of drug-likeness (QED) is 0.736. The smallest absolute Gasteiger partial charge is 0.227 e. The van der Waals surface area contributed by atoms with Crippen LogP contribution in [0.25, 0.3) is 0 Å². The summed E-state index contributed by atoms with van der Waals surface area (Å²) < 4.78 is 0. The molecule has 0 bridgehead atoms. The minimum absolute atomic E-state index is 0.257. The van der Waals surface area contributed by atoms with Gasteiger partial charge in [-0.15, -0.1) is 0 Å². The standard InChI is InChI=1S/C13H17NO.2C2H6/c1-10(2)11-5-7-12(8-6-11)14-9-3-4-13(14)15;2*1-2/h5-8,10H,3-4,9H2,1-2H3;2*1-2H3. The maximum Gasteiger partial charge on any atom is 0.227 e. The number of benzene rings is 1. The average molecular weight is 263 g/mol. The van der Waals surface area contributed by atoms with Crippen molar-refractivity contribution in [1.29, 1.82) is 0 Å². The molecule has 0 aliphatic carbocycles. The molecule has 1 amide bonds. The Hall–Kier alpha value is -1.31. The molecule has 1 aromatic rings. The highest BCUT2D eigenvalue weighted by Gasteiger charge is 2.21. The third kappa shape index (κ3) is 5.06. The predicted octanol–water partition coefficient (Wildman–Crippen LogP) is 4.99. The summed E-state index contributed by atoms with van der Waals surface area (Å²) in [6.07, 6.45) is 1.69. The van der Waals surface area contributed by atoms with E-state index in [0.717, 1.165) is 18.7 Å². The fourth-order valence-corrected chi connectivity index (χ4v) is 1.96. The van der Waals surface area contributed by atoms with E-state index < -0.39 is 0 Å². The van der Waals surface area contributed by atoms with E-state index in [0.29, 0.717) is 12.3 Å².